The number of para-hydroxylation sites is 1. The number of ether oxygens (including phenoxy) is 1. The third kappa shape index (κ3) is 4.41. The van der Waals surface area contributed by atoms with Gasteiger partial charge in [-0.25, -0.2) is 9.97 Å². The fourth-order valence-electron chi connectivity index (χ4n) is 3.03. The number of benzene rings is 2. The second-order valence-corrected chi connectivity index (χ2v) is 6.84. The Morgan fingerprint density at radius 2 is 1.67 bits per heavy atom. The Morgan fingerprint density at radius 3 is 2.47 bits per heavy atom. The van der Waals surface area contributed by atoms with E-state index in [1.54, 1.807) is 6.20 Å². The van der Waals surface area contributed by atoms with Crippen LogP contribution in [0.3, 0.4) is 0 Å². The molecule has 7 nitrogen and oxygen atoms in total. The molecular weight excluding hydrogens is 376 g/mol. The quantitative estimate of drug-likeness (QED) is 0.346. The molecular formula is C23H24N6O. The van der Waals surface area contributed by atoms with Gasteiger partial charge in [0.15, 0.2) is 11.6 Å². The zero-order valence-corrected chi connectivity index (χ0v) is 16.8. The highest BCUT2D eigenvalue weighted by molar-refractivity contribution is 5.93. The standard InChI is InChI=1S/C23H24N6O/c1-2-3-14-30-18-11-9-17(10-12-18)28-22-20(24)23(27-15-26-22)29-19-8-4-6-16-7-5-13-25-21(16)19/h4-13,15H,2-3,14,24H2,1H3,(H2,26,27,28,29). The second kappa shape index (κ2) is 9.09. The summed E-state index contributed by atoms with van der Waals surface area (Å²) >= 11 is 0. The van der Waals surface area contributed by atoms with Gasteiger partial charge in [0.25, 0.3) is 0 Å². The van der Waals surface area contributed by atoms with E-state index < -0.39 is 0 Å². The molecule has 0 fully saturated rings. The molecule has 0 saturated heterocycles. The van der Waals surface area contributed by atoms with Crippen molar-refractivity contribution in [3.63, 3.8) is 0 Å². The Labute approximate surface area is 175 Å². The molecule has 2 heterocycles. The van der Waals surface area contributed by atoms with Crippen LogP contribution in [0.2, 0.25) is 0 Å². The summed E-state index contributed by atoms with van der Waals surface area (Å²) in [5, 5.41) is 7.56. The average Bonchev–Trinajstić information content (AvgIpc) is 2.78. The van der Waals surface area contributed by atoms with Gasteiger partial charge in [-0.05, 0) is 42.8 Å². The molecule has 30 heavy (non-hydrogen) atoms. The molecule has 0 aliphatic rings. The molecule has 152 valence electrons. The first-order chi connectivity index (χ1) is 14.7. The van der Waals surface area contributed by atoms with Crippen LogP contribution in [0.15, 0.2) is 67.1 Å². The van der Waals surface area contributed by atoms with Crippen molar-refractivity contribution in [1.29, 1.82) is 0 Å². The zero-order chi connectivity index (χ0) is 20.8. The smallest absolute Gasteiger partial charge is 0.159 e. The number of nitrogens with two attached hydrogens (primary N) is 1. The first-order valence-corrected chi connectivity index (χ1v) is 9.95. The third-order valence-corrected chi connectivity index (χ3v) is 4.65. The molecule has 0 aliphatic heterocycles. The van der Waals surface area contributed by atoms with Crippen LogP contribution in [0.4, 0.5) is 28.7 Å². The number of nitrogens with zero attached hydrogens (tertiary/aromatic N) is 3. The van der Waals surface area contributed by atoms with Crippen LogP contribution >= 0.6 is 0 Å². The number of anilines is 5. The summed E-state index contributed by atoms with van der Waals surface area (Å²) in [4.78, 5) is 13.0. The van der Waals surface area contributed by atoms with E-state index in [4.69, 9.17) is 10.5 Å². The highest BCUT2D eigenvalue weighted by Gasteiger charge is 2.11. The maximum absolute atomic E-state index is 6.34. The Hall–Kier alpha value is -3.87. The molecule has 4 aromatic rings. The van der Waals surface area contributed by atoms with E-state index in [2.05, 4.69) is 32.5 Å². The van der Waals surface area contributed by atoms with E-state index in [-0.39, 0.29) is 0 Å². The van der Waals surface area contributed by atoms with E-state index >= 15 is 0 Å². The predicted octanol–water partition coefficient (Wildman–Crippen LogP) is 5.27. The summed E-state index contributed by atoms with van der Waals surface area (Å²) in [5.74, 6) is 1.89. The number of nitrogen functional groups attached to an aromatic ring is 1. The largest absolute Gasteiger partial charge is 0.494 e. The predicted molar refractivity (Wildman–Crippen MR) is 122 cm³/mol. The van der Waals surface area contributed by atoms with Gasteiger partial charge in [-0.1, -0.05) is 31.5 Å². The average molecular weight is 400 g/mol. The SMILES string of the molecule is CCCCOc1ccc(Nc2ncnc(Nc3cccc4cccnc34)c2N)cc1. The molecule has 0 aliphatic carbocycles. The first kappa shape index (κ1) is 19.4. The number of hydrogen-bond acceptors (Lipinski definition) is 7. The van der Waals surface area contributed by atoms with Gasteiger partial charge >= 0.3 is 0 Å². The van der Waals surface area contributed by atoms with Crippen LogP contribution in [0.1, 0.15) is 19.8 Å². The normalized spacial score (nSPS) is 10.7. The molecule has 2 aromatic heterocycles. The Morgan fingerprint density at radius 1 is 0.900 bits per heavy atom. The molecule has 0 amide bonds. The van der Waals surface area contributed by atoms with Gasteiger partial charge in [0.1, 0.15) is 17.8 Å². The minimum Gasteiger partial charge on any atom is -0.494 e. The van der Waals surface area contributed by atoms with Gasteiger partial charge in [-0.15, -0.1) is 0 Å². The van der Waals surface area contributed by atoms with E-state index in [0.717, 1.165) is 47.5 Å². The van der Waals surface area contributed by atoms with Gasteiger partial charge in [0.2, 0.25) is 0 Å². The monoisotopic (exact) mass is 400 g/mol. The van der Waals surface area contributed by atoms with Gasteiger partial charge < -0.3 is 21.1 Å². The van der Waals surface area contributed by atoms with Crippen molar-refractivity contribution in [3.8, 4) is 5.75 Å². The number of hydrogen-bond donors (Lipinski definition) is 3. The molecule has 7 heteroatoms. The summed E-state index contributed by atoms with van der Waals surface area (Å²) in [7, 11) is 0. The highest BCUT2D eigenvalue weighted by Crippen LogP contribution is 2.30. The topological polar surface area (TPSA) is 98.0 Å². The van der Waals surface area contributed by atoms with Gasteiger partial charge in [0.05, 0.1) is 17.8 Å². The molecule has 4 rings (SSSR count). The van der Waals surface area contributed by atoms with E-state index in [0.29, 0.717) is 17.3 Å². The fraction of sp³-hybridized carbons (Fsp3) is 0.174. The Bertz CT molecular complexity index is 1120. The minimum atomic E-state index is 0.425. The molecule has 2 aromatic carbocycles. The summed E-state index contributed by atoms with van der Waals surface area (Å²) in [6.07, 6.45) is 5.39. The molecule has 0 bridgehead atoms. The molecule has 0 spiro atoms. The molecule has 0 saturated carbocycles. The van der Waals surface area contributed by atoms with Crippen LogP contribution in [-0.2, 0) is 0 Å². The van der Waals surface area contributed by atoms with Crippen LogP contribution in [0.25, 0.3) is 10.9 Å². The van der Waals surface area contributed by atoms with Crippen LogP contribution < -0.4 is 21.1 Å². The molecule has 4 N–H and O–H groups in total. The number of unbranched alkanes of at least 4 members (excludes halogenated alkanes) is 1. The minimum absolute atomic E-state index is 0.425. The number of rotatable bonds is 8. The van der Waals surface area contributed by atoms with Crippen molar-refractivity contribution in [2.75, 3.05) is 23.0 Å². The summed E-state index contributed by atoms with van der Waals surface area (Å²) < 4.78 is 5.70. The van der Waals surface area contributed by atoms with Gasteiger partial charge in [-0.3, -0.25) is 4.98 Å². The van der Waals surface area contributed by atoms with Crippen molar-refractivity contribution in [3.05, 3.63) is 67.1 Å². The van der Waals surface area contributed by atoms with Crippen LogP contribution in [-0.4, -0.2) is 21.6 Å². The highest BCUT2D eigenvalue weighted by atomic mass is 16.5. The molecule has 0 radical (unpaired) electrons. The molecule has 0 unspecified atom stereocenters. The van der Waals surface area contributed by atoms with E-state index in [9.17, 15) is 0 Å². The lowest BCUT2D eigenvalue weighted by molar-refractivity contribution is 0.309. The summed E-state index contributed by atoms with van der Waals surface area (Å²) in [6.45, 7) is 2.86. The maximum Gasteiger partial charge on any atom is 0.159 e. The van der Waals surface area contributed by atoms with Crippen molar-refractivity contribution < 1.29 is 4.74 Å². The Balaban J connectivity index is 1.52. The second-order valence-electron chi connectivity index (χ2n) is 6.84. The lowest BCUT2D eigenvalue weighted by Crippen LogP contribution is -2.05. The van der Waals surface area contributed by atoms with Crippen LogP contribution in [0.5, 0.6) is 5.75 Å². The van der Waals surface area contributed by atoms with Crippen molar-refractivity contribution >= 4 is 39.6 Å². The van der Waals surface area contributed by atoms with Crippen molar-refractivity contribution in [1.82, 2.24) is 15.0 Å². The summed E-state index contributed by atoms with van der Waals surface area (Å²) in [5.41, 5.74) is 9.31. The lowest BCUT2D eigenvalue weighted by atomic mass is 10.2. The van der Waals surface area contributed by atoms with E-state index in [1.165, 1.54) is 6.33 Å². The Kier molecular flexibility index (Phi) is 5.89. The van der Waals surface area contributed by atoms with Gasteiger partial charge in [-0.2, -0.15) is 0 Å². The van der Waals surface area contributed by atoms with Crippen molar-refractivity contribution in [2.24, 2.45) is 0 Å². The van der Waals surface area contributed by atoms with Gasteiger partial charge in [0, 0.05) is 17.3 Å². The zero-order valence-electron chi connectivity index (χ0n) is 16.8. The van der Waals surface area contributed by atoms with E-state index in [1.807, 2.05) is 54.6 Å². The first-order valence-electron chi connectivity index (χ1n) is 9.95. The summed E-state index contributed by atoms with van der Waals surface area (Å²) in [6, 6.07) is 17.6. The number of fused-ring (bicyclic) bond motifs is 1. The third-order valence-electron chi connectivity index (χ3n) is 4.65. The van der Waals surface area contributed by atoms with Crippen molar-refractivity contribution in [2.45, 2.75) is 19.8 Å². The number of pyridine rings is 1. The number of nitrogens with one attached hydrogen (secondary N) is 2. The fourth-order valence-corrected chi connectivity index (χ4v) is 3.03. The van der Waals surface area contributed by atoms with Crippen LogP contribution in [0, 0.1) is 0 Å². The molecule has 0 atom stereocenters. The lowest BCUT2D eigenvalue weighted by Gasteiger charge is -2.14. The maximum atomic E-state index is 6.34. The number of aromatic nitrogens is 3.